The third-order valence-electron chi connectivity index (χ3n) is 3.26. The lowest BCUT2D eigenvalue weighted by Gasteiger charge is -2.31. The maximum atomic E-state index is 12.2. The summed E-state index contributed by atoms with van der Waals surface area (Å²) in [6.45, 7) is 2.08. The number of nitrogens with zero attached hydrogens (tertiary/aromatic N) is 4. The summed E-state index contributed by atoms with van der Waals surface area (Å²) < 4.78 is 1.75. The largest absolute Gasteiger partial charge is 0.395 e. The number of rotatable bonds is 3. The molecule has 1 amide bonds. The van der Waals surface area contributed by atoms with E-state index in [0.717, 1.165) is 17.8 Å². The molecular weight excluding hydrogens is 232 g/mol. The number of β-amino-alcohol motifs (C(OH)–C–C–N with tert-alkyl or cyclic N) is 1. The smallest absolute Gasteiger partial charge is 0.232 e. The van der Waals surface area contributed by atoms with Gasteiger partial charge in [0, 0.05) is 52.5 Å². The lowest BCUT2D eigenvalue weighted by Crippen LogP contribution is -2.41. The van der Waals surface area contributed by atoms with Crippen LogP contribution in [0, 0.1) is 0 Å². The summed E-state index contributed by atoms with van der Waals surface area (Å²) in [7, 11) is 5.39. The summed E-state index contributed by atoms with van der Waals surface area (Å²) >= 11 is 0. The molecule has 0 spiro atoms. The van der Waals surface area contributed by atoms with Crippen LogP contribution in [-0.4, -0.2) is 64.4 Å². The molecule has 0 aliphatic carbocycles. The van der Waals surface area contributed by atoms with Crippen LogP contribution in [0.15, 0.2) is 6.20 Å². The van der Waals surface area contributed by atoms with Crippen molar-refractivity contribution in [1.29, 1.82) is 0 Å². The van der Waals surface area contributed by atoms with Gasteiger partial charge in [-0.15, -0.1) is 0 Å². The van der Waals surface area contributed by atoms with Crippen LogP contribution in [0.5, 0.6) is 0 Å². The molecule has 100 valence electrons. The number of aliphatic hydroxyl groups is 1. The van der Waals surface area contributed by atoms with E-state index in [1.54, 1.807) is 23.7 Å². The molecule has 2 heterocycles. The molecule has 1 aliphatic rings. The minimum atomic E-state index is -0.225. The minimum Gasteiger partial charge on any atom is -0.395 e. The molecule has 0 aromatic carbocycles. The van der Waals surface area contributed by atoms with Gasteiger partial charge in [0.15, 0.2) is 0 Å². The maximum Gasteiger partial charge on any atom is 0.232 e. The summed E-state index contributed by atoms with van der Waals surface area (Å²) in [5.41, 5.74) is 1.96. The number of hydrogen-bond donors (Lipinski definition) is 1. The number of likely N-dealkylation sites (N-methyl/N-ethyl adjacent to an activating group) is 1. The number of aryl methyl sites for hydroxylation is 1. The van der Waals surface area contributed by atoms with Crippen LogP contribution in [0.4, 0.5) is 0 Å². The SMILES string of the molecule is CN(C)C(=O)C1CN(CCO)Cc2cn(C)nc21. The Labute approximate surface area is 107 Å². The van der Waals surface area contributed by atoms with Gasteiger partial charge in [0.25, 0.3) is 0 Å². The number of carbonyl (C=O) groups is 1. The van der Waals surface area contributed by atoms with Gasteiger partial charge in [0.2, 0.25) is 5.91 Å². The van der Waals surface area contributed by atoms with E-state index in [1.807, 2.05) is 13.2 Å². The van der Waals surface area contributed by atoms with Crippen molar-refractivity contribution in [2.75, 3.05) is 33.8 Å². The fraction of sp³-hybridized carbons (Fsp3) is 0.667. The number of aliphatic hydroxyl groups excluding tert-OH is 1. The standard InChI is InChI=1S/C12H20N4O2/c1-14(2)12(18)10-8-16(4-5-17)7-9-6-15(3)13-11(9)10/h6,10,17H,4-5,7-8H2,1-3H3. The van der Waals surface area contributed by atoms with Gasteiger partial charge in [-0.05, 0) is 0 Å². The molecule has 1 aliphatic heterocycles. The lowest BCUT2D eigenvalue weighted by atomic mass is 9.95. The molecule has 2 rings (SSSR count). The first kappa shape index (κ1) is 13.0. The van der Waals surface area contributed by atoms with E-state index < -0.39 is 0 Å². The average Bonchev–Trinajstić information content (AvgIpc) is 2.67. The molecule has 1 N–H and O–H groups in total. The van der Waals surface area contributed by atoms with E-state index in [-0.39, 0.29) is 18.4 Å². The van der Waals surface area contributed by atoms with E-state index in [4.69, 9.17) is 5.11 Å². The van der Waals surface area contributed by atoms with Crippen LogP contribution in [0.1, 0.15) is 17.2 Å². The van der Waals surface area contributed by atoms with Gasteiger partial charge in [-0.3, -0.25) is 14.4 Å². The Morgan fingerprint density at radius 3 is 2.94 bits per heavy atom. The number of amides is 1. The molecule has 1 unspecified atom stereocenters. The normalized spacial score (nSPS) is 19.7. The quantitative estimate of drug-likeness (QED) is 0.780. The Morgan fingerprint density at radius 1 is 1.61 bits per heavy atom. The van der Waals surface area contributed by atoms with Gasteiger partial charge in [-0.1, -0.05) is 0 Å². The summed E-state index contributed by atoms with van der Waals surface area (Å²) in [5, 5.41) is 13.5. The molecule has 0 fully saturated rings. The molecule has 1 aromatic heterocycles. The lowest BCUT2D eigenvalue weighted by molar-refractivity contribution is -0.131. The van der Waals surface area contributed by atoms with Crippen LogP contribution < -0.4 is 0 Å². The topological polar surface area (TPSA) is 61.6 Å². The zero-order valence-corrected chi connectivity index (χ0v) is 11.1. The summed E-state index contributed by atoms with van der Waals surface area (Å²) in [5.74, 6) is -0.158. The summed E-state index contributed by atoms with van der Waals surface area (Å²) in [6.07, 6.45) is 1.95. The predicted molar refractivity (Wildman–Crippen MR) is 67.0 cm³/mol. The van der Waals surface area contributed by atoms with Crippen molar-refractivity contribution in [2.45, 2.75) is 12.5 Å². The highest BCUT2D eigenvalue weighted by molar-refractivity contribution is 5.83. The zero-order valence-electron chi connectivity index (χ0n) is 11.1. The minimum absolute atomic E-state index is 0.0672. The molecule has 0 radical (unpaired) electrons. The Morgan fingerprint density at radius 2 is 2.33 bits per heavy atom. The number of carbonyl (C=O) groups excluding carboxylic acids is 1. The Hall–Kier alpha value is -1.40. The summed E-state index contributed by atoms with van der Waals surface area (Å²) in [6, 6.07) is 0. The highest BCUT2D eigenvalue weighted by Crippen LogP contribution is 2.27. The van der Waals surface area contributed by atoms with E-state index in [0.29, 0.717) is 13.1 Å². The molecule has 0 saturated carbocycles. The van der Waals surface area contributed by atoms with Gasteiger partial charge in [-0.2, -0.15) is 5.10 Å². The zero-order chi connectivity index (χ0) is 13.3. The first-order valence-electron chi connectivity index (χ1n) is 6.09. The van der Waals surface area contributed by atoms with Crippen molar-refractivity contribution in [1.82, 2.24) is 19.6 Å². The first-order valence-corrected chi connectivity index (χ1v) is 6.09. The highest BCUT2D eigenvalue weighted by atomic mass is 16.3. The fourth-order valence-electron chi connectivity index (χ4n) is 2.44. The van der Waals surface area contributed by atoms with E-state index >= 15 is 0 Å². The monoisotopic (exact) mass is 252 g/mol. The number of aromatic nitrogens is 2. The van der Waals surface area contributed by atoms with Gasteiger partial charge >= 0.3 is 0 Å². The first-order chi connectivity index (χ1) is 8.52. The number of hydrogen-bond acceptors (Lipinski definition) is 4. The predicted octanol–water partition coefficient (Wildman–Crippen LogP) is -0.600. The van der Waals surface area contributed by atoms with Crippen molar-refractivity contribution in [3.05, 3.63) is 17.5 Å². The van der Waals surface area contributed by atoms with Crippen molar-refractivity contribution in [3.63, 3.8) is 0 Å². The van der Waals surface area contributed by atoms with Gasteiger partial charge in [0.1, 0.15) is 0 Å². The second-order valence-electron chi connectivity index (χ2n) is 4.96. The summed E-state index contributed by atoms with van der Waals surface area (Å²) in [4.78, 5) is 15.9. The fourth-order valence-corrected chi connectivity index (χ4v) is 2.44. The van der Waals surface area contributed by atoms with E-state index in [1.165, 1.54) is 0 Å². The van der Waals surface area contributed by atoms with Crippen molar-refractivity contribution < 1.29 is 9.90 Å². The van der Waals surface area contributed by atoms with Crippen LogP contribution in [0.25, 0.3) is 0 Å². The third kappa shape index (κ3) is 2.39. The van der Waals surface area contributed by atoms with Gasteiger partial charge < -0.3 is 10.0 Å². The molecule has 0 bridgehead atoms. The van der Waals surface area contributed by atoms with Gasteiger partial charge in [0.05, 0.1) is 18.2 Å². The van der Waals surface area contributed by atoms with Crippen molar-refractivity contribution in [2.24, 2.45) is 7.05 Å². The highest BCUT2D eigenvalue weighted by Gasteiger charge is 2.33. The molecule has 6 nitrogen and oxygen atoms in total. The van der Waals surface area contributed by atoms with E-state index in [9.17, 15) is 4.79 Å². The molecule has 0 saturated heterocycles. The van der Waals surface area contributed by atoms with Crippen LogP contribution in [0.2, 0.25) is 0 Å². The van der Waals surface area contributed by atoms with Crippen LogP contribution in [0.3, 0.4) is 0 Å². The van der Waals surface area contributed by atoms with Gasteiger partial charge in [-0.25, -0.2) is 0 Å². The molecule has 1 atom stereocenters. The third-order valence-corrected chi connectivity index (χ3v) is 3.26. The Kier molecular flexibility index (Phi) is 3.68. The average molecular weight is 252 g/mol. The van der Waals surface area contributed by atoms with E-state index in [2.05, 4.69) is 10.00 Å². The van der Waals surface area contributed by atoms with Crippen LogP contribution >= 0.6 is 0 Å². The van der Waals surface area contributed by atoms with Crippen molar-refractivity contribution in [3.8, 4) is 0 Å². The van der Waals surface area contributed by atoms with Crippen LogP contribution in [-0.2, 0) is 18.4 Å². The molecule has 6 heteroatoms. The second-order valence-corrected chi connectivity index (χ2v) is 4.96. The molecular formula is C12H20N4O2. The number of fused-ring (bicyclic) bond motifs is 1. The molecule has 18 heavy (non-hydrogen) atoms. The van der Waals surface area contributed by atoms with Crippen molar-refractivity contribution >= 4 is 5.91 Å². The Balaban J connectivity index is 2.30. The second kappa shape index (κ2) is 5.07. The maximum absolute atomic E-state index is 12.2. The Bertz CT molecular complexity index is 441. The molecule has 1 aromatic rings.